The van der Waals surface area contributed by atoms with E-state index in [9.17, 15) is 0 Å². The van der Waals surface area contributed by atoms with E-state index in [0.29, 0.717) is 6.04 Å². The molecule has 0 fully saturated rings. The van der Waals surface area contributed by atoms with E-state index in [1.165, 1.54) is 16.0 Å². The average Bonchev–Trinajstić information content (AvgIpc) is 2.88. The Kier molecular flexibility index (Phi) is 3.05. The van der Waals surface area contributed by atoms with Crippen LogP contribution in [0, 0.1) is 13.8 Å². The minimum Gasteiger partial charge on any atom is -0.390 e. The molecule has 2 heterocycles. The normalized spacial score (nSPS) is 11.7. The monoisotopic (exact) mass is 285 g/mol. The number of anilines is 1. The van der Waals surface area contributed by atoms with Gasteiger partial charge in [0.15, 0.2) is 0 Å². The summed E-state index contributed by atoms with van der Waals surface area (Å²) in [7, 11) is 0. The maximum Gasteiger partial charge on any atom is 0.144 e. The summed E-state index contributed by atoms with van der Waals surface area (Å²) in [6.07, 6.45) is 0. The van der Waals surface area contributed by atoms with Crippen molar-refractivity contribution >= 4 is 27.4 Å². The molecule has 4 heteroatoms. The molecule has 2 N–H and O–H groups in total. The number of imidazole rings is 1. The molecule has 0 amide bonds. The summed E-state index contributed by atoms with van der Waals surface area (Å²) in [5, 5.41) is 0.844. The predicted molar refractivity (Wildman–Crippen MR) is 87.3 cm³/mol. The van der Waals surface area contributed by atoms with Crippen molar-refractivity contribution in [2.75, 3.05) is 5.73 Å². The van der Waals surface area contributed by atoms with E-state index in [-0.39, 0.29) is 0 Å². The second-order valence-corrected chi connectivity index (χ2v) is 6.81. The van der Waals surface area contributed by atoms with Crippen molar-refractivity contribution in [3.8, 4) is 11.4 Å². The first-order valence-corrected chi connectivity index (χ1v) is 7.64. The van der Waals surface area contributed by atoms with Gasteiger partial charge < -0.3 is 10.3 Å². The molecule has 0 aliphatic carbocycles. The molecule has 1 aromatic carbocycles. The highest BCUT2D eigenvalue weighted by Gasteiger charge is 2.18. The Bertz CT molecular complexity index is 780. The quantitative estimate of drug-likeness (QED) is 0.751. The van der Waals surface area contributed by atoms with Crippen LogP contribution in [0.5, 0.6) is 0 Å². The highest BCUT2D eigenvalue weighted by atomic mass is 32.1. The van der Waals surface area contributed by atoms with E-state index in [4.69, 9.17) is 10.7 Å². The van der Waals surface area contributed by atoms with Crippen molar-refractivity contribution in [2.24, 2.45) is 0 Å². The van der Waals surface area contributed by atoms with Crippen LogP contribution in [0.25, 0.3) is 22.4 Å². The summed E-state index contributed by atoms with van der Waals surface area (Å²) in [6, 6.07) is 8.89. The lowest BCUT2D eigenvalue weighted by Crippen LogP contribution is -2.03. The molecule has 20 heavy (non-hydrogen) atoms. The fraction of sp³-hybridized carbons (Fsp3) is 0.312. The van der Waals surface area contributed by atoms with Gasteiger partial charge in [-0.3, -0.25) is 0 Å². The number of hydrogen-bond acceptors (Lipinski definition) is 3. The van der Waals surface area contributed by atoms with E-state index >= 15 is 0 Å². The van der Waals surface area contributed by atoms with E-state index < -0.39 is 0 Å². The fourth-order valence-electron chi connectivity index (χ4n) is 2.63. The summed E-state index contributed by atoms with van der Waals surface area (Å²) < 4.78 is 2.27. The lowest BCUT2D eigenvalue weighted by Gasteiger charge is -2.12. The van der Waals surface area contributed by atoms with Crippen LogP contribution in [0.1, 0.15) is 30.3 Å². The summed E-state index contributed by atoms with van der Waals surface area (Å²) in [5.74, 6) is 0.974. The molecule has 3 nitrogen and oxygen atoms in total. The number of thiophene rings is 1. The number of aromatic nitrogens is 2. The third-order valence-electron chi connectivity index (χ3n) is 3.49. The second-order valence-electron chi connectivity index (χ2n) is 5.53. The van der Waals surface area contributed by atoms with Gasteiger partial charge in [-0.1, -0.05) is 6.07 Å². The zero-order valence-electron chi connectivity index (χ0n) is 12.3. The van der Waals surface area contributed by atoms with Crippen molar-refractivity contribution in [1.82, 2.24) is 9.55 Å². The first-order valence-electron chi connectivity index (χ1n) is 6.82. The molecule has 0 saturated heterocycles. The van der Waals surface area contributed by atoms with Gasteiger partial charge >= 0.3 is 0 Å². The smallest absolute Gasteiger partial charge is 0.144 e. The third-order valence-corrected chi connectivity index (χ3v) is 4.37. The largest absolute Gasteiger partial charge is 0.390 e. The molecule has 0 radical (unpaired) electrons. The van der Waals surface area contributed by atoms with Crippen molar-refractivity contribution < 1.29 is 0 Å². The average molecular weight is 285 g/mol. The zero-order valence-corrected chi connectivity index (χ0v) is 13.1. The summed E-state index contributed by atoms with van der Waals surface area (Å²) >= 11 is 1.62. The number of nitrogen functional groups attached to an aromatic ring is 1. The summed E-state index contributed by atoms with van der Waals surface area (Å²) in [6.45, 7) is 8.54. The Morgan fingerprint density at radius 3 is 2.55 bits per heavy atom. The highest BCUT2D eigenvalue weighted by molar-refractivity contribution is 7.16. The number of hydrogen-bond donors (Lipinski definition) is 1. The van der Waals surface area contributed by atoms with Crippen LogP contribution in [0.15, 0.2) is 24.3 Å². The Hall–Kier alpha value is -1.81. The zero-order chi connectivity index (χ0) is 14.4. The van der Waals surface area contributed by atoms with Crippen molar-refractivity contribution in [2.45, 2.75) is 33.7 Å². The van der Waals surface area contributed by atoms with E-state index in [0.717, 1.165) is 21.9 Å². The summed E-state index contributed by atoms with van der Waals surface area (Å²) in [5.41, 5.74) is 10.6. The van der Waals surface area contributed by atoms with E-state index in [1.807, 2.05) is 0 Å². The molecule has 0 saturated carbocycles. The second kappa shape index (κ2) is 4.63. The van der Waals surface area contributed by atoms with Crippen molar-refractivity contribution in [3.63, 3.8) is 0 Å². The van der Waals surface area contributed by atoms with Crippen LogP contribution in [-0.2, 0) is 0 Å². The number of benzene rings is 1. The number of nitrogens with zero attached hydrogens (tertiary/aromatic N) is 2. The van der Waals surface area contributed by atoms with Gasteiger partial charge in [-0.15, -0.1) is 11.3 Å². The Morgan fingerprint density at radius 2 is 1.95 bits per heavy atom. The van der Waals surface area contributed by atoms with Crippen LogP contribution >= 0.6 is 11.3 Å². The number of aryl methyl sites for hydroxylation is 2. The van der Waals surface area contributed by atoms with Gasteiger partial charge in [-0.25, -0.2) is 4.98 Å². The van der Waals surface area contributed by atoms with Crippen LogP contribution in [0.2, 0.25) is 0 Å². The topological polar surface area (TPSA) is 43.8 Å². The first-order chi connectivity index (χ1) is 9.47. The fourth-order valence-corrected chi connectivity index (χ4v) is 3.41. The van der Waals surface area contributed by atoms with Gasteiger partial charge in [0, 0.05) is 10.9 Å². The minimum absolute atomic E-state index is 0.345. The number of rotatable bonds is 2. The number of nitrogens with two attached hydrogens (primary N) is 1. The molecule has 2 aromatic heterocycles. The Labute approximate surface area is 123 Å². The lowest BCUT2D eigenvalue weighted by atomic mass is 10.2. The molecule has 0 spiro atoms. The van der Waals surface area contributed by atoms with Crippen LogP contribution in [-0.4, -0.2) is 9.55 Å². The van der Waals surface area contributed by atoms with Gasteiger partial charge in [-0.05, 0) is 51.5 Å². The molecule has 0 aliphatic rings. The van der Waals surface area contributed by atoms with Crippen molar-refractivity contribution in [1.29, 1.82) is 0 Å². The Morgan fingerprint density at radius 1 is 1.20 bits per heavy atom. The standard InChI is InChI=1S/C16H19N3S/c1-9(2)19-14-6-5-10(3)7-13(14)18-16(19)12-8-11(4)20-15(12)17/h5-9H,17H2,1-4H3. The molecule has 104 valence electrons. The summed E-state index contributed by atoms with van der Waals surface area (Å²) in [4.78, 5) is 6.05. The van der Waals surface area contributed by atoms with Gasteiger partial charge in [0.05, 0.1) is 21.6 Å². The molecule has 0 unspecified atom stereocenters. The molecule has 3 rings (SSSR count). The van der Waals surface area contributed by atoms with Crippen LogP contribution < -0.4 is 5.73 Å². The van der Waals surface area contributed by atoms with Gasteiger partial charge in [0.2, 0.25) is 0 Å². The first kappa shape index (κ1) is 13.2. The maximum atomic E-state index is 6.16. The third kappa shape index (κ3) is 2.00. The Balaban J connectivity index is 2.34. The minimum atomic E-state index is 0.345. The number of fused-ring (bicyclic) bond motifs is 1. The lowest BCUT2D eigenvalue weighted by molar-refractivity contribution is 0.624. The van der Waals surface area contributed by atoms with Crippen LogP contribution in [0.3, 0.4) is 0 Å². The van der Waals surface area contributed by atoms with Gasteiger partial charge in [0.25, 0.3) is 0 Å². The van der Waals surface area contributed by atoms with Crippen LogP contribution in [0.4, 0.5) is 5.00 Å². The SMILES string of the molecule is Cc1ccc2c(c1)nc(-c1cc(C)sc1N)n2C(C)C. The predicted octanol–water partition coefficient (Wildman–Crippen LogP) is 4.54. The van der Waals surface area contributed by atoms with E-state index in [2.05, 4.69) is 56.5 Å². The molecule has 0 aliphatic heterocycles. The molecule has 0 bridgehead atoms. The maximum absolute atomic E-state index is 6.16. The van der Waals surface area contributed by atoms with Gasteiger partial charge in [0.1, 0.15) is 5.82 Å². The highest BCUT2D eigenvalue weighted by Crippen LogP contribution is 2.36. The molecule has 0 atom stereocenters. The van der Waals surface area contributed by atoms with E-state index in [1.54, 1.807) is 11.3 Å². The molecular weight excluding hydrogens is 266 g/mol. The molecule has 3 aromatic rings. The molecular formula is C16H19N3S. The van der Waals surface area contributed by atoms with Crippen molar-refractivity contribution in [3.05, 3.63) is 34.7 Å². The van der Waals surface area contributed by atoms with Gasteiger partial charge in [-0.2, -0.15) is 0 Å².